The second-order valence-electron chi connectivity index (χ2n) is 7.88. The minimum absolute atomic E-state index is 0.153. The number of aryl methyl sites for hydroxylation is 1. The van der Waals surface area contributed by atoms with E-state index in [-0.39, 0.29) is 18.2 Å². The molecule has 1 aliphatic rings. The number of rotatable bonds is 3. The van der Waals surface area contributed by atoms with Gasteiger partial charge in [-0.3, -0.25) is 0 Å². The third-order valence-electron chi connectivity index (χ3n) is 4.39. The predicted octanol–water partition coefficient (Wildman–Crippen LogP) is 4.84. The minimum Gasteiger partial charge on any atom is -0.444 e. The fourth-order valence-corrected chi connectivity index (χ4v) is 3.05. The van der Waals surface area contributed by atoms with Crippen LogP contribution >= 0.6 is 0 Å². The van der Waals surface area contributed by atoms with Crippen LogP contribution in [-0.4, -0.2) is 28.9 Å². The summed E-state index contributed by atoms with van der Waals surface area (Å²) in [5.74, 6) is 0.464. The number of aliphatic hydroxyl groups is 1. The van der Waals surface area contributed by atoms with Crippen LogP contribution in [0.2, 0.25) is 0 Å². The van der Waals surface area contributed by atoms with Gasteiger partial charge in [-0.05, 0) is 65.7 Å². The number of ether oxygens (including phenoxy) is 1. The van der Waals surface area contributed by atoms with Gasteiger partial charge in [-0.2, -0.15) is 0 Å². The van der Waals surface area contributed by atoms with E-state index in [2.05, 4.69) is 31.3 Å². The van der Waals surface area contributed by atoms with E-state index < -0.39 is 5.60 Å². The van der Waals surface area contributed by atoms with Crippen molar-refractivity contribution >= 4 is 6.09 Å². The molecule has 0 heterocycles. The Hall–Kier alpha value is -1.55. The molecule has 4 heteroatoms. The number of alkyl carbamates (subject to hydrolysis) is 1. The predicted molar refractivity (Wildman–Crippen MR) is 103 cm³/mol. The molecule has 0 spiro atoms. The molecule has 2 rings (SSSR count). The molecule has 1 unspecified atom stereocenters. The van der Waals surface area contributed by atoms with E-state index in [1.165, 1.54) is 5.56 Å². The highest BCUT2D eigenvalue weighted by Crippen LogP contribution is 2.28. The molecule has 1 atom stereocenters. The van der Waals surface area contributed by atoms with Gasteiger partial charge in [0.05, 0.1) is 6.10 Å². The maximum Gasteiger partial charge on any atom is 0.407 e. The lowest BCUT2D eigenvalue weighted by atomic mass is 9.82. The van der Waals surface area contributed by atoms with Crippen molar-refractivity contribution in [3.8, 4) is 0 Å². The monoisotopic (exact) mass is 349 g/mol. The second kappa shape index (κ2) is 10.4. The first-order valence-corrected chi connectivity index (χ1v) is 9.40. The van der Waals surface area contributed by atoms with Crippen LogP contribution in [0.25, 0.3) is 0 Å². The van der Waals surface area contributed by atoms with Crippen molar-refractivity contribution in [2.24, 2.45) is 5.92 Å². The fourth-order valence-electron chi connectivity index (χ4n) is 3.05. The van der Waals surface area contributed by atoms with Crippen LogP contribution in [-0.2, 0) is 4.74 Å². The van der Waals surface area contributed by atoms with Crippen molar-refractivity contribution < 1.29 is 14.6 Å². The molecule has 1 aromatic rings. The van der Waals surface area contributed by atoms with E-state index in [1.807, 2.05) is 39.0 Å². The summed E-state index contributed by atoms with van der Waals surface area (Å²) >= 11 is 0. The van der Waals surface area contributed by atoms with Gasteiger partial charge < -0.3 is 15.2 Å². The van der Waals surface area contributed by atoms with Crippen LogP contribution in [0.3, 0.4) is 0 Å². The molecule has 1 amide bonds. The van der Waals surface area contributed by atoms with E-state index in [9.17, 15) is 9.90 Å². The van der Waals surface area contributed by atoms with E-state index in [0.717, 1.165) is 32.1 Å². The molecule has 0 aromatic heterocycles. The Balaban J connectivity index is 0.000000370. The fraction of sp³-hybridized carbons (Fsp3) is 0.667. The van der Waals surface area contributed by atoms with Crippen LogP contribution in [0.4, 0.5) is 4.79 Å². The van der Waals surface area contributed by atoms with Crippen LogP contribution in [0, 0.1) is 12.8 Å². The number of carbonyl (C=O) groups excluding carboxylic acids is 1. The van der Waals surface area contributed by atoms with Crippen molar-refractivity contribution in [2.45, 2.75) is 84.5 Å². The Bertz CT molecular complexity index is 488. The Morgan fingerprint density at radius 1 is 1.20 bits per heavy atom. The molecule has 1 aliphatic carbocycles. The number of nitrogens with one attached hydrogen (secondary N) is 1. The average molecular weight is 350 g/mol. The quantitative estimate of drug-likeness (QED) is 0.821. The SMILES string of the molecule is CCC(NC(=O)OC(C)(C)C)C1CCC(O)CC1.Cc1ccccc1. The number of amides is 1. The molecule has 25 heavy (non-hydrogen) atoms. The second-order valence-corrected chi connectivity index (χ2v) is 7.88. The number of benzene rings is 1. The van der Waals surface area contributed by atoms with Gasteiger partial charge in [0.25, 0.3) is 0 Å². The first-order chi connectivity index (χ1) is 11.7. The summed E-state index contributed by atoms with van der Waals surface area (Å²) in [5, 5.41) is 12.5. The molecule has 0 saturated heterocycles. The van der Waals surface area contributed by atoms with Gasteiger partial charge >= 0.3 is 6.09 Å². The molecule has 0 aliphatic heterocycles. The summed E-state index contributed by atoms with van der Waals surface area (Å²) < 4.78 is 5.28. The molecular formula is C21H35NO3. The molecule has 1 fully saturated rings. The van der Waals surface area contributed by atoms with Gasteiger partial charge in [0.15, 0.2) is 0 Å². The Kier molecular flexibility index (Phi) is 8.98. The van der Waals surface area contributed by atoms with Crippen molar-refractivity contribution in [3.63, 3.8) is 0 Å². The molecule has 1 saturated carbocycles. The normalized spacial score (nSPS) is 21.5. The lowest BCUT2D eigenvalue weighted by Crippen LogP contribution is -2.44. The molecule has 1 aromatic carbocycles. The molecular weight excluding hydrogens is 314 g/mol. The third kappa shape index (κ3) is 9.49. The smallest absolute Gasteiger partial charge is 0.407 e. The number of aliphatic hydroxyl groups excluding tert-OH is 1. The summed E-state index contributed by atoms with van der Waals surface area (Å²) in [5.41, 5.74) is 0.869. The van der Waals surface area contributed by atoms with Crippen LogP contribution < -0.4 is 5.32 Å². The van der Waals surface area contributed by atoms with Gasteiger partial charge in [-0.15, -0.1) is 0 Å². The molecule has 0 radical (unpaired) electrons. The zero-order valence-corrected chi connectivity index (χ0v) is 16.4. The number of carbonyl (C=O) groups is 1. The van der Waals surface area contributed by atoms with Crippen molar-refractivity contribution in [2.75, 3.05) is 0 Å². The van der Waals surface area contributed by atoms with Gasteiger partial charge in [-0.1, -0.05) is 42.8 Å². The van der Waals surface area contributed by atoms with Crippen LogP contribution in [0.5, 0.6) is 0 Å². The van der Waals surface area contributed by atoms with Crippen LogP contribution in [0.1, 0.15) is 65.4 Å². The highest BCUT2D eigenvalue weighted by Gasteiger charge is 2.28. The lowest BCUT2D eigenvalue weighted by Gasteiger charge is -2.32. The summed E-state index contributed by atoms with van der Waals surface area (Å²) in [6.45, 7) is 9.76. The third-order valence-corrected chi connectivity index (χ3v) is 4.39. The van der Waals surface area contributed by atoms with Gasteiger partial charge in [-0.25, -0.2) is 4.79 Å². The zero-order valence-electron chi connectivity index (χ0n) is 16.4. The number of hydrogen-bond donors (Lipinski definition) is 2. The molecule has 2 N–H and O–H groups in total. The highest BCUT2D eigenvalue weighted by molar-refractivity contribution is 5.68. The first-order valence-electron chi connectivity index (χ1n) is 9.40. The summed E-state index contributed by atoms with van der Waals surface area (Å²) in [4.78, 5) is 11.8. The van der Waals surface area contributed by atoms with E-state index >= 15 is 0 Å². The van der Waals surface area contributed by atoms with E-state index in [1.54, 1.807) is 0 Å². The topological polar surface area (TPSA) is 58.6 Å². The number of hydrogen-bond acceptors (Lipinski definition) is 3. The largest absolute Gasteiger partial charge is 0.444 e. The maximum absolute atomic E-state index is 11.8. The van der Waals surface area contributed by atoms with Gasteiger partial charge in [0, 0.05) is 6.04 Å². The van der Waals surface area contributed by atoms with Crippen molar-refractivity contribution in [1.29, 1.82) is 0 Å². The van der Waals surface area contributed by atoms with E-state index in [4.69, 9.17) is 4.74 Å². The molecule has 0 bridgehead atoms. The first kappa shape index (κ1) is 21.5. The zero-order chi connectivity index (χ0) is 18.9. The standard InChI is InChI=1S/C14H27NO3.C7H8/c1-5-12(10-6-8-11(16)9-7-10)15-13(17)18-14(2,3)4;1-7-5-3-2-4-6-7/h10-12,16H,5-9H2,1-4H3,(H,15,17);2-6H,1H3. The Labute approximate surface area is 153 Å². The van der Waals surface area contributed by atoms with Crippen LogP contribution in [0.15, 0.2) is 30.3 Å². The molecule has 142 valence electrons. The van der Waals surface area contributed by atoms with Gasteiger partial charge in [0.2, 0.25) is 0 Å². The maximum atomic E-state index is 11.8. The Morgan fingerprint density at radius 3 is 2.16 bits per heavy atom. The van der Waals surface area contributed by atoms with Crippen molar-refractivity contribution in [3.05, 3.63) is 35.9 Å². The summed E-state index contributed by atoms with van der Waals surface area (Å²) in [6.07, 6.45) is 4.07. The van der Waals surface area contributed by atoms with E-state index in [0.29, 0.717) is 5.92 Å². The highest BCUT2D eigenvalue weighted by atomic mass is 16.6. The minimum atomic E-state index is -0.453. The summed E-state index contributed by atoms with van der Waals surface area (Å²) in [7, 11) is 0. The van der Waals surface area contributed by atoms with Gasteiger partial charge in [0.1, 0.15) is 5.60 Å². The molecule has 4 nitrogen and oxygen atoms in total. The summed E-state index contributed by atoms with van der Waals surface area (Å²) in [6, 6.07) is 10.4. The Morgan fingerprint density at radius 2 is 1.76 bits per heavy atom. The average Bonchev–Trinajstić information content (AvgIpc) is 2.53. The lowest BCUT2D eigenvalue weighted by molar-refractivity contribution is 0.0449. The van der Waals surface area contributed by atoms with Crippen molar-refractivity contribution in [1.82, 2.24) is 5.32 Å².